The quantitative estimate of drug-likeness (QED) is 0.715. The van der Waals surface area contributed by atoms with E-state index in [2.05, 4.69) is 10.0 Å². The summed E-state index contributed by atoms with van der Waals surface area (Å²) in [6.45, 7) is 5.50. The molecule has 0 unspecified atom stereocenters. The van der Waals surface area contributed by atoms with E-state index < -0.39 is 27.5 Å². The van der Waals surface area contributed by atoms with Crippen molar-refractivity contribution in [3.05, 3.63) is 59.1 Å². The van der Waals surface area contributed by atoms with Crippen molar-refractivity contribution in [2.24, 2.45) is 0 Å². The van der Waals surface area contributed by atoms with Gasteiger partial charge in [0, 0.05) is 10.6 Å². The van der Waals surface area contributed by atoms with Crippen LogP contribution in [0.5, 0.6) is 5.75 Å². The Labute approximate surface area is 171 Å². The maximum Gasteiger partial charge on any atom is 0.245 e. The van der Waals surface area contributed by atoms with E-state index in [1.807, 2.05) is 51.1 Å². The van der Waals surface area contributed by atoms with Crippen LogP contribution in [0.3, 0.4) is 0 Å². The number of amides is 1. The Morgan fingerprint density at radius 3 is 2.36 bits per heavy atom. The summed E-state index contributed by atoms with van der Waals surface area (Å²) in [6, 6.07) is 12.5. The average Bonchev–Trinajstić information content (AvgIpc) is 2.60. The number of halogens is 1. The second kappa shape index (κ2) is 8.94. The number of carbonyl (C=O) groups excluding carboxylic acids is 1. The van der Waals surface area contributed by atoms with E-state index in [0.717, 1.165) is 5.56 Å². The maximum absolute atomic E-state index is 13.0. The third-order valence-corrected chi connectivity index (χ3v) is 5.54. The zero-order valence-corrected chi connectivity index (χ0v) is 17.9. The highest BCUT2D eigenvalue weighted by molar-refractivity contribution is 7.89. The molecule has 0 radical (unpaired) electrons. The third kappa shape index (κ3) is 6.22. The van der Waals surface area contributed by atoms with Crippen LogP contribution in [-0.4, -0.2) is 33.0 Å². The molecule has 0 saturated heterocycles. The topological polar surface area (TPSA) is 84.5 Å². The predicted molar refractivity (Wildman–Crippen MR) is 110 cm³/mol. The fraction of sp³-hybridized carbons (Fsp3) is 0.350. The molecule has 0 saturated carbocycles. The number of ether oxygens (including phenoxy) is 1. The summed E-state index contributed by atoms with van der Waals surface area (Å²) in [6.07, 6.45) is 0.199. The molecule has 0 aliphatic heterocycles. The van der Waals surface area contributed by atoms with Crippen molar-refractivity contribution in [1.29, 1.82) is 0 Å². The first-order valence-corrected chi connectivity index (χ1v) is 10.6. The molecule has 0 aliphatic carbocycles. The molecule has 0 spiro atoms. The number of carbonyl (C=O) groups is 1. The van der Waals surface area contributed by atoms with Gasteiger partial charge in [-0.2, -0.15) is 4.72 Å². The van der Waals surface area contributed by atoms with E-state index in [1.54, 1.807) is 0 Å². The minimum absolute atomic E-state index is 0.121. The van der Waals surface area contributed by atoms with Crippen molar-refractivity contribution in [1.82, 2.24) is 10.0 Å². The molecule has 1 atom stereocenters. The molecule has 2 aromatic rings. The van der Waals surface area contributed by atoms with Gasteiger partial charge in [0.05, 0.1) is 7.11 Å². The Morgan fingerprint density at radius 2 is 1.79 bits per heavy atom. The molecule has 1 amide bonds. The maximum atomic E-state index is 13.0. The number of methoxy groups -OCH3 is 1. The lowest BCUT2D eigenvalue weighted by molar-refractivity contribution is -0.124. The Morgan fingerprint density at radius 1 is 1.14 bits per heavy atom. The molecule has 6 nitrogen and oxygen atoms in total. The van der Waals surface area contributed by atoms with E-state index in [9.17, 15) is 13.2 Å². The molecule has 28 heavy (non-hydrogen) atoms. The first-order valence-electron chi connectivity index (χ1n) is 8.73. The first kappa shape index (κ1) is 22.2. The summed E-state index contributed by atoms with van der Waals surface area (Å²) in [5.41, 5.74) is 0.322. The summed E-state index contributed by atoms with van der Waals surface area (Å²) in [5.74, 6) is -0.271. The van der Waals surface area contributed by atoms with Crippen LogP contribution in [-0.2, 0) is 21.2 Å². The highest BCUT2D eigenvalue weighted by atomic mass is 35.5. The molecular weight excluding hydrogens is 400 g/mol. The minimum Gasteiger partial charge on any atom is -0.495 e. The van der Waals surface area contributed by atoms with E-state index in [-0.39, 0.29) is 22.1 Å². The van der Waals surface area contributed by atoms with Gasteiger partial charge < -0.3 is 10.1 Å². The van der Waals surface area contributed by atoms with Gasteiger partial charge in [0.25, 0.3) is 0 Å². The van der Waals surface area contributed by atoms with Crippen molar-refractivity contribution in [2.45, 2.75) is 43.7 Å². The summed E-state index contributed by atoms with van der Waals surface area (Å²) in [7, 11) is -2.69. The predicted octanol–water partition coefficient (Wildman–Crippen LogP) is 3.15. The molecule has 152 valence electrons. The smallest absolute Gasteiger partial charge is 0.245 e. The summed E-state index contributed by atoms with van der Waals surface area (Å²) >= 11 is 5.97. The van der Waals surface area contributed by atoms with Crippen LogP contribution in [0.1, 0.15) is 26.3 Å². The third-order valence-electron chi connectivity index (χ3n) is 3.81. The van der Waals surface area contributed by atoms with Gasteiger partial charge in [0.2, 0.25) is 15.9 Å². The van der Waals surface area contributed by atoms with Gasteiger partial charge in [-0.3, -0.25) is 4.79 Å². The van der Waals surface area contributed by atoms with Gasteiger partial charge in [0.1, 0.15) is 16.7 Å². The van der Waals surface area contributed by atoms with Gasteiger partial charge >= 0.3 is 0 Å². The van der Waals surface area contributed by atoms with Crippen molar-refractivity contribution in [2.75, 3.05) is 7.11 Å². The van der Waals surface area contributed by atoms with Gasteiger partial charge in [-0.15, -0.1) is 0 Å². The zero-order chi connectivity index (χ0) is 20.9. The van der Waals surface area contributed by atoms with Gasteiger partial charge in [-0.05, 0) is 51.0 Å². The van der Waals surface area contributed by atoms with Crippen LogP contribution in [0.4, 0.5) is 0 Å². The number of sulfonamides is 1. The van der Waals surface area contributed by atoms with Crippen LogP contribution in [0, 0.1) is 0 Å². The molecule has 0 bridgehead atoms. The summed E-state index contributed by atoms with van der Waals surface area (Å²) in [4.78, 5) is 12.7. The second-order valence-corrected chi connectivity index (χ2v) is 9.52. The summed E-state index contributed by atoms with van der Waals surface area (Å²) in [5, 5.41) is 3.08. The van der Waals surface area contributed by atoms with Crippen LogP contribution in [0.15, 0.2) is 53.4 Å². The molecule has 2 rings (SSSR count). The van der Waals surface area contributed by atoms with E-state index in [0.29, 0.717) is 0 Å². The lowest BCUT2D eigenvalue weighted by Gasteiger charge is -2.26. The summed E-state index contributed by atoms with van der Waals surface area (Å²) < 4.78 is 33.7. The molecule has 2 N–H and O–H groups in total. The Hall–Kier alpha value is -2.09. The highest BCUT2D eigenvalue weighted by Gasteiger charge is 2.30. The number of rotatable bonds is 7. The second-order valence-electron chi connectivity index (χ2n) is 7.40. The van der Waals surface area contributed by atoms with Crippen LogP contribution < -0.4 is 14.8 Å². The lowest BCUT2D eigenvalue weighted by atomic mass is 10.0. The molecule has 0 aromatic heterocycles. The number of nitrogens with one attached hydrogen (secondary N) is 2. The zero-order valence-electron chi connectivity index (χ0n) is 16.3. The highest BCUT2D eigenvalue weighted by Crippen LogP contribution is 2.27. The van der Waals surface area contributed by atoms with Gasteiger partial charge in [-0.25, -0.2) is 8.42 Å². The molecule has 0 fully saturated rings. The van der Waals surface area contributed by atoms with Crippen molar-refractivity contribution in [3.8, 4) is 5.75 Å². The number of hydrogen-bond acceptors (Lipinski definition) is 4. The molecular formula is C20H25ClN2O4S. The van der Waals surface area contributed by atoms with Crippen LogP contribution in [0.2, 0.25) is 5.02 Å². The first-order chi connectivity index (χ1) is 13.0. The standard InChI is InChI=1S/C20H25ClN2O4S/c1-20(2,3)22-19(24)16(12-14-8-6-5-7-9-14)23-28(25,26)18-13-15(21)10-11-17(18)27-4/h5-11,13,16,23H,12H2,1-4H3,(H,22,24)/t16-/m0/s1. The fourth-order valence-corrected chi connectivity index (χ4v) is 4.23. The number of hydrogen-bond donors (Lipinski definition) is 2. The van der Waals surface area contributed by atoms with Crippen molar-refractivity contribution < 1.29 is 17.9 Å². The monoisotopic (exact) mass is 424 g/mol. The van der Waals surface area contributed by atoms with Crippen LogP contribution in [0.25, 0.3) is 0 Å². The fourth-order valence-electron chi connectivity index (χ4n) is 2.61. The molecule has 0 aliphatic rings. The Balaban J connectivity index is 2.37. The van der Waals surface area contributed by atoms with Crippen molar-refractivity contribution in [3.63, 3.8) is 0 Å². The lowest BCUT2D eigenvalue weighted by Crippen LogP contribution is -2.53. The average molecular weight is 425 g/mol. The molecule has 8 heteroatoms. The van der Waals surface area contributed by atoms with Crippen LogP contribution >= 0.6 is 11.6 Å². The SMILES string of the molecule is COc1ccc(Cl)cc1S(=O)(=O)N[C@@H](Cc1ccccc1)C(=O)NC(C)(C)C. The minimum atomic E-state index is -4.07. The van der Waals surface area contributed by atoms with E-state index in [1.165, 1.54) is 25.3 Å². The van der Waals surface area contributed by atoms with Crippen molar-refractivity contribution >= 4 is 27.5 Å². The van der Waals surface area contributed by atoms with E-state index >= 15 is 0 Å². The Kier molecular flexibility index (Phi) is 7.09. The number of benzene rings is 2. The molecule has 0 heterocycles. The largest absolute Gasteiger partial charge is 0.495 e. The normalized spacial score (nSPS) is 13.0. The molecule has 2 aromatic carbocycles. The van der Waals surface area contributed by atoms with Gasteiger partial charge in [-0.1, -0.05) is 41.9 Å². The Bertz CT molecular complexity index is 925. The van der Waals surface area contributed by atoms with E-state index in [4.69, 9.17) is 16.3 Å². The van der Waals surface area contributed by atoms with Gasteiger partial charge in [0.15, 0.2) is 0 Å².